The Bertz CT molecular complexity index is 1260. The Balaban J connectivity index is 1.75. The lowest BCUT2D eigenvalue weighted by atomic mass is 9.98. The van der Waals surface area contributed by atoms with E-state index in [4.69, 9.17) is 4.74 Å². The predicted octanol–water partition coefficient (Wildman–Crippen LogP) is 5.07. The average Bonchev–Trinajstić information content (AvgIpc) is 2.86. The number of anilines is 1. The third-order valence-electron chi connectivity index (χ3n) is 4.72. The molecule has 34 heavy (non-hydrogen) atoms. The minimum atomic E-state index is -0.854. The first kappa shape index (κ1) is 25.0. The molecule has 1 N–H and O–H groups in total. The van der Waals surface area contributed by atoms with Gasteiger partial charge in [0.25, 0.3) is 11.6 Å². The lowest BCUT2D eigenvalue weighted by molar-refractivity contribution is -0.387. The zero-order valence-corrected chi connectivity index (χ0v) is 19.9. The highest BCUT2D eigenvalue weighted by molar-refractivity contribution is 7.99. The molecule has 0 radical (unpaired) electrons. The highest BCUT2D eigenvalue weighted by Crippen LogP contribution is 2.29. The van der Waals surface area contributed by atoms with E-state index in [2.05, 4.69) is 5.32 Å². The fourth-order valence-electron chi connectivity index (χ4n) is 3.10. The molecule has 0 aromatic heterocycles. The van der Waals surface area contributed by atoms with Crippen LogP contribution in [0.2, 0.25) is 0 Å². The average molecular weight is 497 g/mol. The maximum Gasteiger partial charge on any atom is 0.339 e. The Morgan fingerprint density at radius 3 is 2.35 bits per heavy atom. The van der Waals surface area contributed by atoms with Crippen LogP contribution in [0.15, 0.2) is 76.5 Å². The first-order chi connectivity index (χ1) is 16.3. The molecule has 0 aliphatic rings. The number of amides is 1. The van der Waals surface area contributed by atoms with Crippen LogP contribution in [-0.2, 0) is 9.53 Å². The number of thioether (sulfide) groups is 2. The predicted molar refractivity (Wildman–Crippen MR) is 132 cm³/mol. The van der Waals surface area contributed by atoms with E-state index in [-0.39, 0.29) is 22.4 Å². The van der Waals surface area contributed by atoms with Crippen LogP contribution in [-0.4, -0.2) is 41.7 Å². The van der Waals surface area contributed by atoms with Crippen molar-refractivity contribution in [2.24, 2.45) is 0 Å². The first-order valence-electron chi connectivity index (χ1n) is 9.91. The van der Waals surface area contributed by atoms with Gasteiger partial charge in [-0.1, -0.05) is 24.3 Å². The zero-order valence-electron chi connectivity index (χ0n) is 18.3. The molecule has 0 unspecified atom stereocenters. The number of nitro benzene ring substituents is 1. The van der Waals surface area contributed by atoms with Gasteiger partial charge in [-0.15, -0.1) is 23.5 Å². The fourth-order valence-corrected chi connectivity index (χ4v) is 4.10. The van der Waals surface area contributed by atoms with Crippen molar-refractivity contribution < 1.29 is 24.0 Å². The number of ether oxygens (including phenoxy) is 1. The molecular weight excluding hydrogens is 476 g/mol. The summed E-state index contributed by atoms with van der Waals surface area (Å²) in [4.78, 5) is 50.1. The normalized spacial score (nSPS) is 10.4. The number of carbonyl (C=O) groups excluding carboxylic acids is 3. The zero-order chi connectivity index (χ0) is 24.7. The summed E-state index contributed by atoms with van der Waals surface area (Å²) in [6.45, 7) is -0.543. The van der Waals surface area contributed by atoms with E-state index in [1.807, 2.05) is 12.3 Å². The van der Waals surface area contributed by atoms with E-state index < -0.39 is 29.2 Å². The van der Waals surface area contributed by atoms with Crippen molar-refractivity contribution in [3.05, 3.63) is 93.5 Å². The van der Waals surface area contributed by atoms with Gasteiger partial charge in [-0.2, -0.15) is 0 Å². The van der Waals surface area contributed by atoms with Crippen molar-refractivity contribution >= 4 is 52.6 Å². The van der Waals surface area contributed by atoms with Gasteiger partial charge >= 0.3 is 5.97 Å². The molecule has 0 spiro atoms. The van der Waals surface area contributed by atoms with Gasteiger partial charge in [0.1, 0.15) is 0 Å². The van der Waals surface area contributed by atoms with Crippen LogP contribution in [0.25, 0.3) is 0 Å². The van der Waals surface area contributed by atoms with Crippen LogP contribution in [0, 0.1) is 10.1 Å². The van der Waals surface area contributed by atoms with E-state index in [0.717, 1.165) is 4.90 Å². The highest BCUT2D eigenvalue weighted by atomic mass is 32.2. The molecular formula is C24H20N2O6S2. The minimum absolute atomic E-state index is 0.0202. The van der Waals surface area contributed by atoms with E-state index in [9.17, 15) is 24.5 Å². The number of rotatable bonds is 9. The van der Waals surface area contributed by atoms with Crippen molar-refractivity contribution in [1.82, 2.24) is 0 Å². The van der Waals surface area contributed by atoms with E-state index in [1.54, 1.807) is 36.6 Å². The maximum atomic E-state index is 13.1. The second-order valence-electron chi connectivity index (χ2n) is 6.87. The standard InChI is InChI=1S/C24H20N2O6S2/c1-33-17-7-5-6-16(13-17)25-22(27)14-32-24(29)19-9-4-3-8-18(19)23(28)15-10-11-21(34-2)20(12-15)26(30)31/h3-13H,14H2,1-2H3,(H,25,27). The van der Waals surface area contributed by atoms with E-state index >= 15 is 0 Å². The summed E-state index contributed by atoms with van der Waals surface area (Å²) in [6, 6.07) is 17.3. The van der Waals surface area contributed by atoms with Crippen molar-refractivity contribution in [3.63, 3.8) is 0 Å². The molecule has 0 aliphatic carbocycles. The quantitative estimate of drug-likeness (QED) is 0.144. The lowest BCUT2D eigenvalue weighted by Crippen LogP contribution is -2.22. The number of esters is 1. The van der Waals surface area contributed by atoms with Gasteiger partial charge in [-0.3, -0.25) is 19.7 Å². The monoisotopic (exact) mass is 496 g/mol. The van der Waals surface area contributed by atoms with Crippen LogP contribution in [0.4, 0.5) is 11.4 Å². The Kier molecular flexibility index (Phi) is 8.44. The number of hydrogen-bond donors (Lipinski definition) is 1. The summed E-state index contributed by atoms with van der Waals surface area (Å²) in [7, 11) is 0. The van der Waals surface area contributed by atoms with Gasteiger partial charge in [-0.05, 0) is 48.9 Å². The summed E-state index contributed by atoms with van der Waals surface area (Å²) < 4.78 is 5.12. The molecule has 0 bridgehead atoms. The second kappa shape index (κ2) is 11.5. The third kappa shape index (κ3) is 6.03. The first-order valence-corrected chi connectivity index (χ1v) is 12.4. The van der Waals surface area contributed by atoms with Crippen molar-refractivity contribution in [2.45, 2.75) is 9.79 Å². The molecule has 0 atom stereocenters. The summed E-state index contributed by atoms with van der Waals surface area (Å²) in [5.74, 6) is -1.95. The number of ketones is 1. The molecule has 3 aromatic carbocycles. The van der Waals surface area contributed by atoms with Crippen LogP contribution >= 0.6 is 23.5 Å². The number of hydrogen-bond acceptors (Lipinski definition) is 8. The van der Waals surface area contributed by atoms with Crippen LogP contribution in [0.3, 0.4) is 0 Å². The number of benzene rings is 3. The largest absolute Gasteiger partial charge is 0.452 e. The van der Waals surface area contributed by atoms with E-state index in [1.165, 1.54) is 53.9 Å². The number of nitrogens with one attached hydrogen (secondary N) is 1. The molecule has 3 aromatic rings. The number of nitro groups is 1. The number of carbonyl (C=O) groups is 3. The third-order valence-corrected chi connectivity index (χ3v) is 6.23. The molecule has 3 rings (SSSR count). The molecule has 0 aliphatic heterocycles. The molecule has 0 saturated carbocycles. The topological polar surface area (TPSA) is 116 Å². The van der Waals surface area contributed by atoms with Gasteiger partial charge in [-0.25, -0.2) is 4.79 Å². The molecule has 0 saturated heterocycles. The van der Waals surface area contributed by atoms with Crippen LogP contribution in [0.5, 0.6) is 0 Å². The highest BCUT2D eigenvalue weighted by Gasteiger charge is 2.23. The SMILES string of the molecule is CSc1cccc(NC(=O)COC(=O)c2ccccc2C(=O)c2ccc(SC)c([N+](=O)[O-])c2)c1. The fraction of sp³-hybridized carbons (Fsp3) is 0.125. The Morgan fingerprint density at radius 2 is 1.68 bits per heavy atom. The summed E-state index contributed by atoms with van der Waals surface area (Å²) in [6.07, 6.45) is 3.61. The maximum absolute atomic E-state index is 13.1. The number of nitrogens with zero attached hydrogens (tertiary/aromatic N) is 1. The molecule has 174 valence electrons. The summed E-state index contributed by atoms with van der Waals surface area (Å²) in [5.41, 5.74) is 0.420. The Labute approximate surface area is 204 Å². The van der Waals surface area contributed by atoms with Crippen molar-refractivity contribution in [2.75, 3.05) is 24.4 Å². The molecule has 8 nitrogen and oxygen atoms in total. The van der Waals surface area contributed by atoms with Gasteiger partial charge in [0.15, 0.2) is 12.4 Å². The summed E-state index contributed by atoms with van der Waals surface area (Å²) in [5, 5.41) is 14.0. The Morgan fingerprint density at radius 1 is 0.941 bits per heavy atom. The van der Waals surface area contributed by atoms with Crippen molar-refractivity contribution in [3.8, 4) is 0 Å². The molecule has 10 heteroatoms. The molecule has 0 fully saturated rings. The van der Waals surface area contributed by atoms with Gasteiger partial charge in [0.2, 0.25) is 0 Å². The van der Waals surface area contributed by atoms with Gasteiger partial charge in [0, 0.05) is 27.8 Å². The Hall–Kier alpha value is -3.63. The second-order valence-corrected chi connectivity index (χ2v) is 8.60. The van der Waals surface area contributed by atoms with Crippen LogP contribution < -0.4 is 5.32 Å². The van der Waals surface area contributed by atoms with Crippen molar-refractivity contribution in [1.29, 1.82) is 0 Å². The summed E-state index contributed by atoms with van der Waals surface area (Å²) >= 11 is 2.72. The molecule has 1 amide bonds. The smallest absolute Gasteiger partial charge is 0.339 e. The van der Waals surface area contributed by atoms with Crippen LogP contribution in [0.1, 0.15) is 26.3 Å². The van der Waals surface area contributed by atoms with Gasteiger partial charge in [0.05, 0.1) is 15.4 Å². The lowest BCUT2D eigenvalue weighted by Gasteiger charge is -2.10. The minimum Gasteiger partial charge on any atom is -0.452 e. The van der Waals surface area contributed by atoms with E-state index in [0.29, 0.717) is 10.6 Å². The molecule has 0 heterocycles. The van der Waals surface area contributed by atoms with Gasteiger partial charge < -0.3 is 10.1 Å².